The van der Waals surface area contributed by atoms with E-state index in [2.05, 4.69) is 46.4 Å². The van der Waals surface area contributed by atoms with Gasteiger partial charge in [-0.3, -0.25) is 0 Å². The molecule has 1 N–H and O–H groups in total. The third-order valence-corrected chi connectivity index (χ3v) is 6.24. The van der Waals surface area contributed by atoms with E-state index in [4.69, 9.17) is 4.74 Å². The number of hydrogen-bond acceptors (Lipinski definition) is 2. The number of unbranched alkanes of at least 4 members (excludes halogenated alkanes) is 2. The van der Waals surface area contributed by atoms with Gasteiger partial charge in [0.2, 0.25) is 0 Å². The molecule has 0 spiro atoms. The van der Waals surface area contributed by atoms with Crippen LogP contribution in [0, 0.1) is 5.92 Å². The number of phenols is 1. The third-order valence-electron chi connectivity index (χ3n) is 6.24. The van der Waals surface area contributed by atoms with Crippen LogP contribution in [0.25, 0.3) is 0 Å². The normalized spacial score (nSPS) is 23.5. The van der Waals surface area contributed by atoms with Crippen LogP contribution in [0.2, 0.25) is 0 Å². The second kappa shape index (κ2) is 7.50. The first kappa shape index (κ1) is 19.1. The van der Waals surface area contributed by atoms with Crippen molar-refractivity contribution in [3.05, 3.63) is 47.1 Å². The van der Waals surface area contributed by atoms with Crippen molar-refractivity contribution < 1.29 is 9.84 Å². The molecule has 0 amide bonds. The summed E-state index contributed by atoms with van der Waals surface area (Å²) in [5.74, 6) is 1.99. The molecule has 3 rings (SSSR count). The number of hydrogen-bond donors (Lipinski definition) is 1. The molecule has 2 heteroatoms. The Hall–Kier alpha value is -1.70. The van der Waals surface area contributed by atoms with E-state index in [0.717, 1.165) is 42.6 Å². The van der Waals surface area contributed by atoms with E-state index < -0.39 is 0 Å². The van der Waals surface area contributed by atoms with Gasteiger partial charge in [0.15, 0.2) is 0 Å². The van der Waals surface area contributed by atoms with E-state index in [-0.39, 0.29) is 11.5 Å². The first-order valence-corrected chi connectivity index (χ1v) is 10.2. The third kappa shape index (κ3) is 3.43. The predicted molar refractivity (Wildman–Crippen MR) is 109 cm³/mol. The van der Waals surface area contributed by atoms with Gasteiger partial charge < -0.3 is 9.84 Å². The topological polar surface area (TPSA) is 29.5 Å². The smallest absolute Gasteiger partial charge is 0.127 e. The van der Waals surface area contributed by atoms with E-state index in [1.807, 2.05) is 6.08 Å². The van der Waals surface area contributed by atoms with Crippen molar-refractivity contribution in [1.29, 1.82) is 0 Å². The number of allylic oxidation sites excluding steroid dienone is 3. The molecule has 0 saturated heterocycles. The Kier molecular flexibility index (Phi) is 5.50. The number of fused-ring (bicyclic) bond motifs is 3. The molecule has 1 aromatic carbocycles. The quantitative estimate of drug-likeness (QED) is 0.469. The fraction of sp³-hybridized carbons (Fsp3) is 0.583. The molecule has 1 aliphatic carbocycles. The second-order valence-electron chi connectivity index (χ2n) is 8.61. The highest BCUT2D eigenvalue weighted by molar-refractivity contribution is 5.59. The van der Waals surface area contributed by atoms with Crippen molar-refractivity contribution in [1.82, 2.24) is 0 Å². The Morgan fingerprint density at radius 3 is 2.81 bits per heavy atom. The molecule has 1 aromatic rings. The van der Waals surface area contributed by atoms with Gasteiger partial charge in [-0.25, -0.2) is 0 Å². The Balaban J connectivity index is 2.12. The molecule has 26 heavy (non-hydrogen) atoms. The van der Waals surface area contributed by atoms with Crippen LogP contribution in [0.15, 0.2) is 30.4 Å². The number of phenolic OH excluding ortho intramolecular Hbond substituents is 1. The van der Waals surface area contributed by atoms with Crippen LogP contribution in [0.3, 0.4) is 0 Å². The molecule has 0 radical (unpaired) electrons. The molecule has 2 unspecified atom stereocenters. The summed E-state index contributed by atoms with van der Waals surface area (Å²) < 4.78 is 6.47. The molecule has 2 nitrogen and oxygen atoms in total. The lowest BCUT2D eigenvalue weighted by atomic mass is 9.67. The van der Waals surface area contributed by atoms with Crippen molar-refractivity contribution in [2.45, 2.75) is 84.2 Å². The van der Waals surface area contributed by atoms with Crippen LogP contribution in [0.1, 0.15) is 82.4 Å². The SMILES string of the molecule is C=CCc1c(CCCCC)cc2c(c1O)C1C=C(C)CCC1C(C)(C)O2. The summed E-state index contributed by atoms with van der Waals surface area (Å²) >= 11 is 0. The van der Waals surface area contributed by atoms with Crippen LogP contribution >= 0.6 is 0 Å². The zero-order chi connectivity index (χ0) is 18.9. The summed E-state index contributed by atoms with van der Waals surface area (Å²) in [6.45, 7) is 12.7. The van der Waals surface area contributed by atoms with Crippen molar-refractivity contribution in [3.8, 4) is 11.5 Å². The Labute approximate surface area is 159 Å². The van der Waals surface area contributed by atoms with Gasteiger partial charge in [0.05, 0.1) is 0 Å². The minimum absolute atomic E-state index is 0.206. The molecule has 142 valence electrons. The highest BCUT2D eigenvalue weighted by Gasteiger charge is 2.45. The molecule has 0 bridgehead atoms. The average Bonchev–Trinajstić information content (AvgIpc) is 2.57. The lowest BCUT2D eigenvalue weighted by Crippen LogP contribution is -2.45. The number of ether oxygens (including phenoxy) is 1. The highest BCUT2D eigenvalue weighted by Crippen LogP contribution is 2.54. The number of rotatable bonds is 6. The van der Waals surface area contributed by atoms with Crippen molar-refractivity contribution in [3.63, 3.8) is 0 Å². The van der Waals surface area contributed by atoms with E-state index in [1.165, 1.54) is 24.0 Å². The lowest BCUT2D eigenvalue weighted by Gasteiger charge is -2.46. The van der Waals surface area contributed by atoms with Crippen LogP contribution in [0.4, 0.5) is 0 Å². The maximum atomic E-state index is 11.2. The van der Waals surface area contributed by atoms with E-state index >= 15 is 0 Å². The van der Waals surface area contributed by atoms with Crippen molar-refractivity contribution >= 4 is 0 Å². The molecule has 1 heterocycles. The van der Waals surface area contributed by atoms with Gasteiger partial charge in [-0.15, -0.1) is 6.58 Å². The maximum Gasteiger partial charge on any atom is 0.127 e. The first-order chi connectivity index (χ1) is 12.4. The highest BCUT2D eigenvalue weighted by atomic mass is 16.5. The van der Waals surface area contributed by atoms with E-state index in [1.54, 1.807) is 0 Å². The number of aryl methyl sites for hydroxylation is 1. The second-order valence-corrected chi connectivity index (χ2v) is 8.61. The fourth-order valence-corrected chi connectivity index (χ4v) is 4.81. The van der Waals surface area contributed by atoms with Crippen LogP contribution in [0.5, 0.6) is 11.5 Å². The van der Waals surface area contributed by atoms with Gasteiger partial charge in [0, 0.05) is 23.0 Å². The monoisotopic (exact) mass is 354 g/mol. The van der Waals surface area contributed by atoms with E-state index in [9.17, 15) is 5.11 Å². The van der Waals surface area contributed by atoms with Crippen molar-refractivity contribution in [2.24, 2.45) is 5.92 Å². The van der Waals surface area contributed by atoms with Crippen LogP contribution in [-0.4, -0.2) is 10.7 Å². The zero-order valence-electron chi connectivity index (χ0n) is 16.9. The molecule has 0 aromatic heterocycles. The van der Waals surface area contributed by atoms with Gasteiger partial charge in [0.25, 0.3) is 0 Å². The van der Waals surface area contributed by atoms with Gasteiger partial charge in [0.1, 0.15) is 17.1 Å². The molecular weight excluding hydrogens is 320 g/mol. The summed E-state index contributed by atoms with van der Waals surface area (Å²) in [6, 6.07) is 2.21. The van der Waals surface area contributed by atoms with Crippen molar-refractivity contribution in [2.75, 3.05) is 0 Å². The summed E-state index contributed by atoms with van der Waals surface area (Å²) in [7, 11) is 0. The molecule has 2 atom stereocenters. The molecular formula is C24H34O2. The maximum absolute atomic E-state index is 11.2. The lowest BCUT2D eigenvalue weighted by molar-refractivity contribution is 0.0106. The predicted octanol–water partition coefficient (Wildman–Crippen LogP) is 6.46. The standard InChI is InChI=1S/C24H34O2/c1-6-8-9-11-17-15-21-22(23(25)18(17)10-7-2)19-14-16(3)12-13-20(19)24(4,5)26-21/h7,14-15,19-20,25H,2,6,8-13H2,1,3-5H3. The number of aromatic hydroxyl groups is 1. The summed E-state index contributed by atoms with van der Waals surface area (Å²) in [5.41, 5.74) is 4.49. The van der Waals surface area contributed by atoms with Crippen LogP contribution < -0.4 is 4.74 Å². The minimum Gasteiger partial charge on any atom is -0.507 e. The van der Waals surface area contributed by atoms with Gasteiger partial charge in [-0.2, -0.15) is 0 Å². The largest absolute Gasteiger partial charge is 0.507 e. The summed E-state index contributed by atoms with van der Waals surface area (Å²) in [6.07, 6.45) is 11.8. The summed E-state index contributed by atoms with van der Waals surface area (Å²) in [5, 5.41) is 11.2. The fourth-order valence-electron chi connectivity index (χ4n) is 4.81. The molecule has 0 fully saturated rings. The van der Waals surface area contributed by atoms with Gasteiger partial charge >= 0.3 is 0 Å². The molecule has 2 aliphatic rings. The Morgan fingerprint density at radius 2 is 2.12 bits per heavy atom. The van der Waals surface area contributed by atoms with E-state index in [0.29, 0.717) is 18.1 Å². The average molecular weight is 355 g/mol. The first-order valence-electron chi connectivity index (χ1n) is 10.2. The zero-order valence-corrected chi connectivity index (χ0v) is 16.9. The Morgan fingerprint density at radius 1 is 1.35 bits per heavy atom. The van der Waals surface area contributed by atoms with Gasteiger partial charge in [-0.1, -0.05) is 37.5 Å². The van der Waals surface area contributed by atoms with Crippen LogP contribution in [-0.2, 0) is 12.8 Å². The number of benzene rings is 1. The Bertz CT molecular complexity index is 711. The minimum atomic E-state index is -0.206. The summed E-state index contributed by atoms with van der Waals surface area (Å²) in [4.78, 5) is 0. The molecule has 0 saturated carbocycles. The van der Waals surface area contributed by atoms with Gasteiger partial charge in [-0.05, 0) is 64.5 Å². The molecule has 1 aliphatic heterocycles.